The summed E-state index contributed by atoms with van der Waals surface area (Å²) in [6.45, 7) is 5.74. The number of benzene rings is 1. The van der Waals surface area contributed by atoms with Gasteiger partial charge in [-0.25, -0.2) is 0 Å². The Hall–Kier alpha value is -1.83. The highest BCUT2D eigenvalue weighted by molar-refractivity contribution is 5.91. The predicted octanol–water partition coefficient (Wildman–Crippen LogP) is 2.48. The van der Waals surface area contributed by atoms with Gasteiger partial charge < -0.3 is 15.2 Å². The Morgan fingerprint density at radius 1 is 1.38 bits per heavy atom. The Morgan fingerprint density at radius 2 is 2.10 bits per heavy atom. The van der Waals surface area contributed by atoms with Crippen LogP contribution in [0.5, 0.6) is 0 Å². The molecule has 21 heavy (non-hydrogen) atoms. The number of carbonyl (C=O) groups is 1. The molecule has 0 unspecified atom stereocenters. The maximum absolute atomic E-state index is 12.0. The second kappa shape index (κ2) is 7.82. The summed E-state index contributed by atoms with van der Waals surface area (Å²) in [5.74, 6) is 5.75. The van der Waals surface area contributed by atoms with Crippen LogP contribution in [-0.2, 0) is 9.53 Å². The minimum atomic E-state index is -0.488. The molecule has 1 amide bonds. The number of aliphatic hydroxyl groups is 1. The van der Waals surface area contributed by atoms with Crippen LogP contribution >= 0.6 is 0 Å². The molecule has 0 heterocycles. The smallest absolute Gasteiger partial charge is 0.227 e. The second-order valence-electron chi connectivity index (χ2n) is 5.55. The number of anilines is 1. The first kappa shape index (κ1) is 17.2. The topological polar surface area (TPSA) is 58.6 Å². The van der Waals surface area contributed by atoms with E-state index in [1.165, 1.54) is 0 Å². The summed E-state index contributed by atoms with van der Waals surface area (Å²) in [5, 5.41) is 11.6. The molecule has 1 aromatic carbocycles. The Kier molecular flexibility index (Phi) is 6.41. The van der Waals surface area contributed by atoms with Crippen LogP contribution in [0.15, 0.2) is 18.2 Å². The van der Waals surface area contributed by atoms with E-state index in [4.69, 9.17) is 9.84 Å². The maximum atomic E-state index is 12.0. The first-order chi connectivity index (χ1) is 9.86. The van der Waals surface area contributed by atoms with Gasteiger partial charge in [0.2, 0.25) is 5.91 Å². The number of aliphatic hydroxyl groups excluding tert-OH is 1. The Morgan fingerprint density at radius 3 is 2.71 bits per heavy atom. The highest BCUT2D eigenvalue weighted by atomic mass is 16.5. The first-order valence-corrected chi connectivity index (χ1v) is 6.93. The third kappa shape index (κ3) is 6.44. The van der Waals surface area contributed by atoms with Gasteiger partial charge >= 0.3 is 0 Å². The number of hydrogen-bond donors (Lipinski definition) is 2. The molecule has 0 fully saturated rings. The van der Waals surface area contributed by atoms with Crippen molar-refractivity contribution in [3.8, 4) is 11.8 Å². The van der Waals surface area contributed by atoms with Crippen molar-refractivity contribution in [2.24, 2.45) is 0 Å². The van der Waals surface area contributed by atoms with E-state index in [1.54, 1.807) is 7.11 Å². The molecule has 0 aliphatic heterocycles. The molecule has 0 atom stereocenters. The molecule has 114 valence electrons. The fraction of sp³-hybridized carbons (Fsp3) is 0.471. The van der Waals surface area contributed by atoms with E-state index in [0.29, 0.717) is 6.42 Å². The number of carbonyl (C=O) groups excluding carboxylic acids is 1. The van der Waals surface area contributed by atoms with Crippen molar-refractivity contribution in [3.63, 3.8) is 0 Å². The van der Waals surface area contributed by atoms with Crippen LogP contribution < -0.4 is 5.32 Å². The number of aryl methyl sites for hydroxylation is 1. The van der Waals surface area contributed by atoms with Gasteiger partial charge in [0, 0.05) is 24.8 Å². The van der Waals surface area contributed by atoms with Crippen molar-refractivity contribution in [1.82, 2.24) is 0 Å². The zero-order chi connectivity index (χ0) is 15.9. The van der Waals surface area contributed by atoms with Crippen molar-refractivity contribution in [1.29, 1.82) is 0 Å². The quantitative estimate of drug-likeness (QED) is 0.819. The van der Waals surface area contributed by atoms with Crippen LogP contribution in [0.4, 0.5) is 5.69 Å². The third-order valence-corrected chi connectivity index (χ3v) is 2.97. The van der Waals surface area contributed by atoms with E-state index >= 15 is 0 Å². The lowest BCUT2D eigenvalue weighted by Crippen LogP contribution is -2.29. The molecule has 1 rings (SSSR count). The number of amides is 1. The van der Waals surface area contributed by atoms with Gasteiger partial charge in [-0.3, -0.25) is 4.79 Å². The van der Waals surface area contributed by atoms with Crippen molar-refractivity contribution >= 4 is 11.6 Å². The molecule has 0 radical (unpaired) electrons. The van der Waals surface area contributed by atoms with Gasteiger partial charge in [-0.2, -0.15) is 0 Å². The summed E-state index contributed by atoms with van der Waals surface area (Å²) >= 11 is 0. The van der Waals surface area contributed by atoms with E-state index in [9.17, 15) is 4.79 Å². The lowest BCUT2D eigenvalue weighted by atomic mass is 10.0. The van der Waals surface area contributed by atoms with Crippen LogP contribution in [0.1, 0.15) is 37.8 Å². The Labute approximate surface area is 126 Å². The first-order valence-electron chi connectivity index (χ1n) is 6.93. The molecule has 4 heteroatoms. The number of hydrogen-bond acceptors (Lipinski definition) is 3. The fourth-order valence-corrected chi connectivity index (χ4v) is 1.81. The van der Waals surface area contributed by atoms with Crippen molar-refractivity contribution in [3.05, 3.63) is 29.3 Å². The van der Waals surface area contributed by atoms with Crippen LogP contribution in [0, 0.1) is 18.8 Å². The van der Waals surface area contributed by atoms with Gasteiger partial charge in [-0.15, -0.1) is 0 Å². The predicted molar refractivity (Wildman–Crippen MR) is 84.1 cm³/mol. The number of methoxy groups -OCH3 is 1. The molecular formula is C17H23NO3. The molecule has 0 saturated carbocycles. The van der Waals surface area contributed by atoms with E-state index in [0.717, 1.165) is 16.8 Å². The summed E-state index contributed by atoms with van der Waals surface area (Å²) in [4.78, 5) is 12.0. The number of nitrogens with one attached hydrogen (secondary N) is 1. The molecule has 0 bridgehead atoms. The Bertz CT molecular complexity index is 553. The molecule has 4 nitrogen and oxygen atoms in total. The van der Waals surface area contributed by atoms with Crippen LogP contribution in [0.25, 0.3) is 0 Å². The zero-order valence-corrected chi connectivity index (χ0v) is 13.1. The molecule has 0 aliphatic rings. The number of rotatable bonds is 5. The lowest BCUT2D eigenvalue weighted by molar-refractivity contribution is -0.121. The summed E-state index contributed by atoms with van der Waals surface area (Å²) in [6, 6.07) is 5.67. The van der Waals surface area contributed by atoms with Gasteiger partial charge in [-0.05, 0) is 44.5 Å². The molecule has 0 saturated heterocycles. The second-order valence-corrected chi connectivity index (χ2v) is 5.55. The molecule has 0 aromatic heterocycles. The third-order valence-electron chi connectivity index (χ3n) is 2.97. The van der Waals surface area contributed by atoms with Gasteiger partial charge in [0.05, 0.1) is 18.6 Å². The largest absolute Gasteiger partial charge is 0.395 e. The lowest BCUT2D eigenvalue weighted by Gasteiger charge is -2.22. The van der Waals surface area contributed by atoms with Gasteiger partial charge in [0.25, 0.3) is 0 Å². The normalized spacial score (nSPS) is 10.7. The molecular weight excluding hydrogens is 266 g/mol. The zero-order valence-electron chi connectivity index (χ0n) is 13.1. The van der Waals surface area contributed by atoms with Crippen molar-refractivity contribution < 1.29 is 14.6 Å². The van der Waals surface area contributed by atoms with Crippen LogP contribution in [0.2, 0.25) is 0 Å². The summed E-state index contributed by atoms with van der Waals surface area (Å²) < 4.78 is 5.25. The highest BCUT2D eigenvalue weighted by Gasteiger charge is 2.21. The molecule has 1 aromatic rings. The van der Waals surface area contributed by atoms with Gasteiger partial charge in [0.1, 0.15) is 0 Å². The highest BCUT2D eigenvalue weighted by Crippen LogP contribution is 2.17. The maximum Gasteiger partial charge on any atom is 0.227 e. The fourth-order valence-electron chi connectivity index (χ4n) is 1.81. The summed E-state index contributed by atoms with van der Waals surface area (Å²) in [6.07, 6.45) is 0.723. The van der Waals surface area contributed by atoms with Gasteiger partial charge in [-0.1, -0.05) is 11.8 Å². The van der Waals surface area contributed by atoms with Crippen molar-refractivity contribution in [2.75, 3.05) is 19.0 Å². The average Bonchev–Trinajstić information content (AvgIpc) is 2.37. The monoisotopic (exact) mass is 289 g/mol. The average molecular weight is 289 g/mol. The van der Waals surface area contributed by atoms with E-state index in [2.05, 4.69) is 17.2 Å². The summed E-state index contributed by atoms with van der Waals surface area (Å²) in [7, 11) is 1.59. The van der Waals surface area contributed by atoms with E-state index < -0.39 is 5.60 Å². The van der Waals surface area contributed by atoms with Crippen LogP contribution in [-0.4, -0.2) is 30.3 Å². The molecule has 0 aliphatic carbocycles. The minimum absolute atomic E-state index is 0.0501. The number of ether oxygens (including phenoxy) is 1. The minimum Gasteiger partial charge on any atom is -0.395 e. The summed E-state index contributed by atoms with van der Waals surface area (Å²) in [5.41, 5.74) is 2.08. The molecule has 2 N–H and O–H groups in total. The van der Waals surface area contributed by atoms with E-state index in [1.807, 2.05) is 39.0 Å². The van der Waals surface area contributed by atoms with E-state index in [-0.39, 0.29) is 18.9 Å². The standard InChI is InChI=1S/C17H23NO3/c1-13-9-14(7-5-6-8-19)11-15(10-13)18-16(20)12-17(2,3)21-4/h9-11,19H,6,8,12H2,1-4H3,(H,18,20). The van der Waals surface area contributed by atoms with Crippen molar-refractivity contribution in [2.45, 2.75) is 39.2 Å². The molecule has 0 spiro atoms. The Balaban J connectivity index is 2.80. The van der Waals surface area contributed by atoms with Gasteiger partial charge in [0.15, 0.2) is 0 Å². The SMILES string of the molecule is COC(C)(C)CC(=O)Nc1cc(C)cc(C#CCCO)c1. The van der Waals surface area contributed by atoms with Crippen LogP contribution in [0.3, 0.4) is 0 Å².